The maximum atomic E-state index is 14.3. The molecular weight excluding hydrogens is 325 g/mol. The molecule has 0 saturated carbocycles. The van der Waals surface area contributed by atoms with Gasteiger partial charge in [0.05, 0.1) is 29.6 Å². The average Bonchev–Trinajstić information content (AvgIpc) is 2.94. The van der Waals surface area contributed by atoms with Gasteiger partial charge in [-0.2, -0.15) is 0 Å². The normalized spacial score (nSPS) is 23.0. The van der Waals surface area contributed by atoms with Crippen LogP contribution in [0, 0.1) is 5.82 Å². The van der Waals surface area contributed by atoms with Gasteiger partial charge in [-0.25, -0.2) is 19.2 Å². The van der Waals surface area contributed by atoms with Crippen molar-refractivity contribution < 1.29 is 13.9 Å². The van der Waals surface area contributed by atoms with Crippen LogP contribution >= 0.6 is 0 Å². The molecule has 2 aliphatic heterocycles. The summed E-state index contributed by atoms with van der Waals surface area (Å²) in [6, 6.07) is 4.91. The van der Waals surface area contributed by atoms with Gasteiger partial charge in [0, 0.05) is 26.7 Å². The molecule has 4 rings (SSSR count). The number of amides is 2. The van der Waals surface area contributed by atoms with Crippen LogP contribution < -0.4 is 10.2 Å². The second-order valence-corrected chi connectivity index (χ2v) is 6.38. The molecule has 7 nitrogen and oxygen atoms in total. The highest BCUT2D eigenvalue weighted by Crippen LogP contribution is 2.30. The van der Waals surface area contributed by atoms with Crippen molar-refractivity contribution in [3.8, 4) is 0 Å². The van der Waals surface area contributed by atoms with Crippen molar-refractivity contribution >= 4 is 22.8 Å². The summed E-state index contributed by atoms with van der Waals surface area (Å²) < 4.78 is 19.4. The molecule has 2 aliphatic rings. The molecule has 2 aromatic rings. The first-order chi connectivity index (χ1) is 12.2. The van der Waals surface area contributed by atoms with Crippen molar-refractivity contribution in [2.24, 2.45) is 0 Å². The van der Waals surface area contributed by atoms with E-state index in [0.29, 0.717) is 43.0 Å². The Morgan fingerprint density at radius 1 is 1.40 bits per heavy atom. The number of carbonyl (C=O) groups excluding carboxylic acids is 1. The predicted octanol–water partition coefficient (Wildman–Crippen LogP) is 1.39. The quantitative estimate of drug-likeness (QED) is 0.907. The molecule has 8 heteroatoms. The number of nitrogens with zero attached hydrogens (tertiary/aromatic N) is 4. The lowest BCUT2D eigenvalue weighted by Gasteiger charge is -2.37. The van der Waals surface area contributed by atoms with E-state index in [1.165, 1.54) is 12.4 Å². The Hall–Kier alpha value is -2.48. The highest BCUT2D eigenvalue weighted by atomic mass is 19.1. The third-order valence-electron chi connectivity index (χ3n) is 4.97. The van der Waals surface area contributed by atoms with E-state index >= 15 is 0 Å². The number of ether oxygens (including phenoxy) is 1. The molecule has 3 heterocycles. The van der Waals surface area contributed by atoms with E-state index in [2.05, 4.69) is 15.3 Å². The van der Waals surface area contributed by atoms with Crippen LogP contribution in [0.4, 0.5) is 15.0 Å². The number of methoxy groups -OCH3 is 1. The number of carbonyl (C=O) groups is 1. The zero-order chi connectivity index (χ0) is 17.4. The van der Waals surface area contributed by atoms with E-state index in [0.717, 1.165) is 6.42 Å². The van der Waals surface area contributed by atoms with Crippen molar-refractivity contribution in [2.45, 2.75) is 18.5 Å². The summed E-state index contributed by atoms with van der Waals surface area (Å²) in [4.78, 5) is 24.6. The summed E-state index contributed by atoms with van der Waals surface area (Å²) in [5.41, 5.74) is 0.587. The van der Waals surface area contributed by atoms with Crippen LogP contribution in [0.15, 0.2) is 24.5 Å². The van der Waals surface area contributed by atoms with Gasteiger partial charge in [-0.3, -0.25) is 0 Å². The molecule has 0 aliphatic carbocycles. The highest BCUT2D eigenvalue weighted by molar-refractivity contribution is 5.90. The van der Waals surface area contributed by atoms with E-state index in [1.807, 2.05) is 9.80 Å². The lowest BCUT2D eigenvalue weighted by atomic mass is 9.99. The number of halogens is 1. The fraction of sp³-hybridized carbons (Fsp3) is 0.471. The fourth-order valence-electron chi connectivity index (χ4n) is 3.79. The smallest absolute Gasteiger partial charge is 0.318 e. The summed E-state index contributed by atoms with van der Waals surface area (Å²) in [5.74, 6) is 0.263. The molecule has 132 valence electrons. The summed E-state index contributed by atoms with van der Waals surface area (Å²) in [6.07, 6.45) is 2.26. The maximum absolute atomic E-state index is 14.3. The van der Waals surface area contributed by atoms with Crippen LogP contribution in [-0.2, 0) is 4.74 Å². The Bertz CT molecular complexity index is 796. The van der Waals surface area contributed by atoms with Gasteiger partial charge in [0.1, 0.15) is 18.0 Å². The van der Waals surface area contributed by atoms with Gasteiger partial charge in [-0.1, -0.05) is 6.07 Å². The van der Waals surface area contributed by atoms with Gasteiger partial charge < -0.3 is 19.9 Å². The van der Waals surface area contributed by atoms with Crippen molar-refractivity contribution in [1.82, 2.24) is 20.2 Å². The minimum Gasteiger partial charge on any atom is -0.383 e. The van der Waals surface area contributed by atoms with Crippen molar-refractivity contribution in [2.75, 3.05) is 38.3 Å². The zero-order valence-corrected chi connectivity index (χ0v) is 14.0. The molecule has 0 bridgehead atoms. The first kappa shape index (κ1) is 16.0. The van der Waals surface area contributed by atoms with E-state index in [-0.39, 0.29) is 23.9 Å². The minimum absolute atomic E-state index is 0.00473. The van der Waals surface area contributed by atoms with Crippen molar-refractivity contribution in [3.05, 3.63) is 30.3 Å². The lowest BCUT2D eigenvalue weighted by molar-refractivity contribution is 0.140. The summed E-state index contributed by atoms with van der Waals surface area (Å²) in [7, 11) is 1.63. The standard InChI is InChI=1S/C17H20FN5O2/c1-25-8-7-23-14-5-6-22(9-13(14)21-17(23)24)16-15-11(18)3-2-4-12(15)19-10-20-16/h2-4,10,13-14H,5-9H2,1H3,(H,21,24)/t13-,14+/m1/s1. The maximum Gasteiger partial charge on any atom is 0.318 e. The molecule has 2 amide bonds. The Morgan fingerprint density at radius 3 is 3.12 bits per heavy atom. The number of urea groups is 1. The summed E-state index contributed by atoms with van der Waals surface area (Å²) in [5, 5.41) is 3.46. The third kappa shape index (κ3) is 2.76. The number of hydrogen-bond acceptors (Lipinski definition) is 5. The minimum atomic E-state index is -0.326. The Kier molecular flexibility index (Phi) is 4.12. The molecule has 0 radical (unpaired) electrons. The van der Waals surface area contributed by atoms with E-state index in [4.69, 9.17) is 4.74 Å². The number of aromatic nitrogens is 2. The van der Waals surface area contributed by atoms with E-state index in [9.17, 15) is 9.18 Å². The van der Waals surface area contributed by atoms with Crippen LogP contribution in [0.3, 0.4) is 0 Å². The van der Waals surface area contributed by atoms with Crippen LogP contribution in [0.25, 0.3) is 10.9 Å². The number of hydrogen-bond donors (Lipinski definition) is 1. The number of benzene rings is 1. The number of nitrogens with one attached hydrogen (secondary N) is 1. The third-order valence-corrected chi connectivity index (χ3v) is 4.97. The van der Waals surface area contributed by atoms with Gasteiger partial charge in [0.2, 0.25) is 0 Å². The Morgan fingerprint density at radius 2 is 2.28 bits per heavy atom. The second-order valence-electron chi connectivity index (χ2n) is 6.38. The van der Waals surface area contributed by atoms with Gasteiger partial charge in [-0.05, 0) is 18.6 Å². The second kappa shape index (κ2) is 6.44. The molecule has 2 saturated heterocycles. The summed E-state index contributed by atoms with van der Waals surface area (Å²) in [6.45, 7) is 2.40. The van der Waals surface area contributed by atoms with Gasteiger partial charge in [0.25, 0.3) is 0 Å². The Labute approximate surface area is 144 Å². The molecular formula is C17H20FN5O2. The van der Waals surface area contributed by atoms with E-state index < -0.39 is 0 Å². The molecule has 2 fully saturated rings. The van der Waals surface area contributed by atoms with Crippen molar-refractivity contribution in [1.29, 1.82) is 0 Å². The molecule has 0 spiro atoms. The molecule has 1 N–H and O–H groups in total. The van der Waals surface area contributed by atoms with Crippen LogP contribution in [0.2, 0.25) is 0 Å². The van der Waals surface area contributed by atoms with Crippen LogP contribution in [0.1, 0.15) is 6.42 Å². The SMILES string of the molecule is COCCN1C(=O)N[C@@H]2CN(c3ncnc4cccc(F)c34)CC[C@@H]21. The predicted molar refractivity (Wildman–Crippen MR) is 91.0 cm³/mol. The number of piperidine rings is 1. The monoisotopic (exact) mass is 345 g/mol. The van der Waals surface area contributed by atoms with Gasteiger partial charge >= 0.3 is 6.03 Å². The van der Waals surface area contributed by atoms with Gasteiger partial charge in [0.15, 0.2) is 0 Å². The van der Waals surface area contributed by atoms with Gasteiger partial charge in [-0.15, -0.1) is 0 Å². The Balaban J connectivity index is 1.59. The number of rotatable bonds is 4. The number of anilines is 1. The topological polar surface area (TPSA) is 70.6 Å². The largest absolute Gasteiger partial charge is 0.383 e. The van der Waals surface area contributed by atoms with Crippen molar-refractivity contribution in [3.63, 3.8) is 0 Å². The first-order valence-corrected chi connectivity index (χ1v) is 8.39. The average molecular weight is 345 g/mol. The zero-order valence-electron chi connectivity index (χ0n) is 14.0. The molecule has 2 atom stereocenters. The first-order valence-electron chi connectivity index (χ1n) is 8.39. The lowest BCUT2D eigenvalue weighted by Crippen LogP contribution is -2.52. The molecule has 25 heavy (non-hydrogen) atoms. The fourth-order valence-corrected chi connectivity index (χ4v) is 3.79. The van der Waals surface area contributed by atoms with Crippen LogP contribution in [-0.4, -0.2) is 66.3 Å². The number of fused-ring (bicyclic) bond motifs is 2. The molecule has 0 unspecified atom stereocenters. The summed E-state index contributed by atoms with van der Waals surface area (Å²) >= 11 is 0. The van der Waals surface area contributed by atoms with E-state index in [1.54, 1.807) is 19.2 Å². The van der Waals surface area contributed by atoms with Crippen LogP contribution in [0.5, 0.6) is 0 Å². The highest BCUT2D eigenvalue weighted by Gasteiger charge is 2.42. The molecule has 1 aromatic heterocycles. The molecule has 1 aromatic carbocycles.